The fraction of sp³-hybridized carbons (Fsp3) is 0.522. The molecule has 1 unspecified atom stereocenters. The third-order valence-corrected chi connectivity index (χ3v) is 6.88. The maximum absolute atomic E-state index is 12.1. The Balaban J connectivity index is 0.00000289. The highest BCUT2D eigenvalue weighted by atomic mass is 127. The quantitative estimate of drug-likeness (QED) is 0.317. The molecule has 2 aliphatic rings. The third kappa shape index (κ3) is 6.34. The summed E-state index contributed by atoms with van der Waals surface area (Å²) in [5.74, 6) is 1.53. The fourth-order valence-electron chi connectivity index (χ4n) is 3.90. The molecule has 32 heavy (non-hydrogen) atoms. The minimum absolute atomic E-state index is 0. The maximum Gasteiger partial charge on any atom is 0.243 e. The molecule has 0 spiro atoms. The lowest BCUT2D eigenvalue weighted by atomic mass is 10.0. The van der Waals surface area contributed by atoms with Crippen molar-refractivity contribution in [2.24, 2.45) is 4.99 Å². The van der Waals surface area contributed by atoms with Crippen molar-refractivity contribution < 1.29 is 9.53 Å². The van der Waals surface area contributed by atoms with Crippen LogP contribution in [0.4, 0.5) is 0 Å². The van der Waals surface area contributed by atoms with Gasteiger partial charge in [-0.15, -0.1) is 35.3 Å². The van der Waals surface area contributed by atoms with Crippen molar-refractivity contribution in [1.82, 2.24) is 20.5 Å². The number of guanidine groups is 1. The molecule has 0 fully saturated rings. The molecular weight excluding hydrogens is 537 g/mol. The van der Waals surface area contributed by atoms with Crippen LogP contribution < -0.4 is 15.4 Å². The first kappa shape index (κ1) is 24.8. The van der Waals surface area contributed by atoms with Gasteiger partial charge in [-0.3, -0.25) is 4.79 Å². The average Bonchev–Trinajstić information content (AvgIpc) is 3.20. The number of amides is 1. The number of carbonyl (C=O) groups is 1. The number of ether oxygens (including phenoxy) is 1. The first-order valence-electron chi connectivity index (χ1n) is 11.0. The van der Waals surface area contributed by atoms with Crippen LogP contribution in [0.1, 0.15) is 46.4 Å². The van der Waals surface area contributed by atoms with Crippen LogP contribution in [0.5, 0.6) is 5.75 Å². The van der Waals surface area contributed by atoms with Crippen LogP contribution >= 0.6 is 35.3 Å². The van der Waals surface area contributed by atoms with E-state index in [4.69, 9.17) is 9.72 Å². The monoisotopic (exact) mass is 569 g/mol. The Morgan fingerprint density at radius 2 is 2.09 bits per heavy atom. The van der Waals surface area contributed by atoms with Gasteiger partial charge in [0.15, 0.2) is 5.96 Å². The van der Waals surface area contributed by atoms with Gasteiger partial charge < -0.3 is 20.3 Å². The molecule has 9 heteroatoms. The van der Waals surface area contributed by atoms with Crippen LogP contribution in [0.2, 0.25) is 0 Å². The second-order valence-corrected chi connectivity index (χ2v) is 9.35. The van der Waals surface area contributed by atoms with Crippen molar-refractivity contribution in [3.05, 3.63) is 45.4 Å². The molecule has 7 nitrogen and oxygen atoms in total. The summed E-state index contributed by atoms with van der Waals surface area (Å²) in [4.78, 5) is 24.5. The van der Waals surface area contributed by atoms with E-state index < -0.39 is 0 Å². The number of rotatable bonds is 6. The van der Waals surface area contributed by atoms with E-state index in [1.165, 1.54) is 34.8 Å². The summed E-state index contributed by atoms with van der Waals surface area (Å²) in [5, 5.41) is 8.11. The van der Waals surface area contributed by atoms with E-state index in [0.29, 0.717) is 12.6 Å². The SMILES string of the molecule is CN(C)C(=O)CN=C(NCCc1nc2c(s1)CCCC2)NC1CCOc2ccccc21.I. The molecule has 0 saturated carbocycles. The van der Waals surface area contributed by atoms with Gasteiger partial charge >= 0.3 is 0 Å². The number of nitrogens with one attached hydrogen (secondary N) is 2. The topological polar surface area (TPSA) is 78.9 Å². The summed E-state index contributed by atoms with van der Waals surface area (Å²) in [6, 6.07) is 8.17. The highest BCUT2D eigenvalue weighted by Gasteiger charge is 2.22. The molecule has 1 aromatic carbocycles. The number of benzene rings is 1. The van der Waals surface area contributed by atoms with Crippen molar-refractivity contribution >= 4 is 47.2 Å². The van der Waals surface area contributed by atoms with Gasteiger partial charge in [-0.05, 0) is 31.7 Å². The predicted molar refractivity (Wildman–Crippen MR) is 139 cm³/mol. The molecule has 4 rings (SSSR count). The number of aliphatic imine (C=N–C) groups is 1. The molecule has 2 heterocycles. The second kappa shape index (κ2) is 11.8. The van der Waals surface area contributed by atoms with Crippen molar-refractivity contribution in [2.75, 3.05) is 33.8 Å². The number of para-hydroxylation sites is 1. The van der Waals surface area contributed by atoms with Gasteiger partial charge in [-0.2, -0.15) is 0 Å². The van der Waals surface area contributed by atoms with Crippen LogP contribution in [-0.4, -0.2) is 55.5 Å². The normalized spacial score (nSPS) is 17.3. The van der Waals surface area contributed by atoms with Crippen molar-refractivity contribution in [2.45, 2.75) is 44.6 Å². The number of aromatic nitrogens is 1. The fourth-order valence-corrected chi connectivity index (χ4v) is 5.05. The smallest absolute Gasteiger partial charge is 0.243 e. The molecule has 2 N–H and O–H groups in total. The summed E-state index contributed by atoms with van der Waals surface area (Å²) >= 11 is 1.85. The highest BCUT2D eigenvalue weighted by Crippen LogP contribution is 2.31. The molecular formula is C23H32IN5O2S. The van der Waals surface area contributed by atoms with Crippen LogP contribution in [0.15, 0.2) is 29.3 Å². The molecule has 0 bridgehead atoms. The number of carbonyl (C=O) groups excluding carboxylic acids is 1. The Morgan fingerprint density at radius 3 is 2.91 bits per heavy atom. The van der Waals surface area contributed by atoms with Gasteiger partial charge in [-0.25, -0.2) is 9.98 Å². The van der Waals surface area contributed by atoms with Crippen molar-refractivity contribution in [3.63, 3.8) is 0 Å². The Hall–Kier alpha value is -1.88. The van der Waals surface area contributed by atoms with Crippen LogP contribution in [0.25, 0.3) is 0 Å². The minimum atomic E-state index is -0.0268. The molecule has 1 atom stereocenters. The van der Waals surface area contributed by atoms with Crippen molar-refractivity contribution in [1.29, 1.82) is 0 Å². The minimum Gasteiger partial charge on any atom is -0.493 e. The zero-order valence-corrected chi connectivity index (χ0v) is 21.9. The van der Waals surface area contributed by atoms with Gasteiger partial charge in [0.1, 0.15) is 12.3 Å². The molecule has 0 radical (unpaired) electrons. The standard InChI is InChI=1S/C23H31N5O2S.HI/c1-28(2)22(29)15-25-23(27-17-12-14-30-19-9-5-3-7-16(17)19)24-13-11-21-26-18-8-4-6-10-20(18)31-21;/h3,5,7,9,17H,4,6,8,10-15H2,1-2H3,(H2,24,25,27);1H. The van der Waals surface area contributed by atoms with E-state index in [1.807, 2.05) is 29.5 Å². The molecule has 0 saturated heterocycles. The summed E-state index contributed by atoms with van der Waals surface area (Å²) in [6.07, 6.45) is 6.51. The van der Waals surface area contributed by atoms with E-state index in [9.17, 15) is 4.79 Å². The van der Waals surface area contributed by atoms with Gasteiger partial charge in [0, 0.05) is 43.9 Å². The Kier molecular flexibility index (Phi) is 9.15. The number of aryl methyl sites for hydroxylation is 2. The van der Waals surface area contributed by atoms with E-state index in [-0.39, 0.29) is 42.5 Å². The first-order valence-corrected chi connectivity index (χ1v) is 11.9. The molecule has 1 aliphatic heterocycles. The Morgan fingerprint density at radius 1 is 1.28 bits per heavy atom. The first-order chi connectivity index (χ1) is 15.1. The van der Waals surface area contributed by atoms with Crippen LogP contribution in [-0.2, 0) is 24.1 Å². The number of thiazole rings is 1. The lowest BCUT2D eigenvalue weighted by molar-refractivity contribution is -0.127. The Bertz CT molecular complexity index is 923. The molecule has 1 amide bonds. The van der Waals surface area contributed by atoms with Gasteiger partial charge in [0.05, 0.1) is 23.4 Å². The number of hydrogen-bond donors (Lipinski definition) is 2. The molecule has 174 valence electrons. The van der Waals surface area contributed by atoms with Crippen molar-refractivity contribution in [3.8, 4) is 5.75 Å². The number of nitrogens with zero attached hydrogens (tertiary/aromatic N) is 3. The summed E-state index contributed by atoms with van der Waals surface area (Å²) in [7, 11) is 3.49. The number of hydrogen-bond acceptors (Lipinski definition) is 5. The van der Waals surface area contributed by atoms with E-state index in [0.717, 1.165) is 37.1 Å². The van der Waals surface area contributed by atoms with E-state index in [2.05, 4.69) is 21.7 Å². The van der Waals surface area contributed by atoms with Gasteiger partial charge in [-0.1, -0.05) is 18.2 Å². The van der Waals surface area contributed by atoms with Gasteiger partial charge in [0.25, 0.3) is 0 Å². The Labute approximate surface area is 211 Å². The lowest BCUT2D eigenvalue weighted by Crippen LogP contribution is -2.42. The zero-order valence-electron chi connectivity index (χ0n) is 18.7. The highest BCUT2D eigenvalue weighted by molar-refractivity contribution is 14.0. The molecule has 2 aromatic rings. The number of likely N-dealkylation sites (N-methyl/N-ethyl adjacent to an activating group) is 1. The predicted octanol–water partition coefficient (Wildman–Crippen LogP) is 3.33. The average molecular weight is 570 g/mol. The third-order valence-electron chi connectivity index (χ3n) is 5.66. The zero-order chi connectivity index (χ0) is 21.6. The van der Waals surface area contributed by atoms with Gasteiger partial charge in [0.2, 0.25) is 5.91 Å². The van der Waals surface area contributed by atoms with E-state index >= 15 is 0 Å². The largest absolute Gasteiger partial charge is 0.493 e. The summed E-state index contributed by atoms with van der Waals surface area (Å²) in [6.45, 7) is 1.49. The number of halogens is 1. The summed E-state index contributed by atoms with van der Waals surface area (Å²) < 4.78 is 5.78. The number of fused-ring (bicyclic) bond motifs is 2. The molecule has 1 aromatic heterocycles. The summed E-state index contributed by atoms with van der Waals surface area (Å²) in [5.41, 5.74) is 2.42. The maximum atomic E-state index is 12.1. The van der Waals surface area contributed by atoms with Crippen LogP contribution in [0, 0.1) is 0 Å². The van der Waals surface area contributed by atoms with E-state index in [1.54, 1.807) is 19.0 Å². The second-order valence-electron chi connectivity index (χ2n) is 8.19. The van der Waals surface area contributed by atoms with Crippen LogP contribution in [0.3, 0.4) is 0 Å². The lowest BCUT2D eigenvalue weighted by Gasteiger charge is -2.28. The molecule has 1 aliphatic carbocycles.